The van der Waals surface area contributed by atoms with Gasteiger partial charge in [0.1, 0.15) is 5.82 Å². The smallest absolute Gasteiger partial charge is 0.124 e. The van der Waals surface area contributed by atoms with Crippen molar-refractivity contribution in [3.05, 3.63) is 59.4 Å². The molecule has 0 aliphatic carbocycles. The Hall–Kier alpha value is -2.09. The number of para-hydroxylation sites is 2. The van der Waals surface area contributed by atoms with Gasteiger partial charge < -0.3 is 0 Å². The van der Waals surface area contributed by atoms with Crippen molar-refractivity contribution >= 4 is 11.0 Å². The molecule has 0 spiro atoms. The second-order valence-corrected chi connectivity index (χ2v) is 5.91. The molecule has 2 aromatic carbocycles. The number of benzene rings is 2. The van der Waals surface area contributed by atoms with Gasteiger partial charge in [0.25, 0.3) is 0 Å². The largest absolute Gasteiger partial charge is 0.295 e. The van der Waals surface area contributed by atoms with Crippen molar-refractivity contribution in [2.24, 2.45) is 0 Å². The second-order valence-electron chi connectivity index (χ2n) is 5.91. The predicted molar refractivity (Wildman–Crippen MR) is 77.9 cm³/mol. The molecule has 3 aromatic rings. The molecule has 94 valence electrons. The first-order chi connectivity index (χ1) is 9.09. The first-order valence-corrected chi connectivity index (χ1v) is 6.68. The molecule has 0 radical (unpaired) electrons. The molecule has 2 nitrogen and oxygen atoms in total. The van der Waals surface area contributed by atoms with Crippen molar-refractivity contribution in [1.82, 2.24) is 9.55 Å². The number of aromatic nitrogens is 2. The highest BCUT2D eigenvalue weighted by Crippen LogP contribution is 2.44. The van der Waals surface area contributed by atoms with Crippen LogP contribution in [-0.4, -0.2) is 9.55 Å². The third-order valence-corrected chi connectivity index (χ3v) is 4.19. The summed E-state index contributed by atoms with van der Waals surface area (Å²) in [7, 11) is 0. The number of aryl methyl sites for hydroxylation is 1. The summed E-state index contributed by atoms with van der Waals surface area (Å²) >= 11 is 0. The Bertz CT molecular complexity index is 809. The molecule has 1 aliphatic heterocycles. The van der Waals surface area contributed by atoms with Gasteiger partial charge in [-0.25, -0.2) is 4.98 Å². The van der Waals surface area contributed by atoms with Crippen LogP contribution in [0.3, 0.4) is 0 Å². The standard InChI is InChI=1S/C17H16N2/c1-11-8-9-14-12(10-11)17(2,3)16-18-13-6-4-5-7-15(13)19(14)16/h4-10H,1-3H3. The average molecular weight is 248 g/mol. The zero-order chi connectivity index (χ0) is 13.2. The molecule has 2 heteroatoms. The monoisotopic (exact) mass is 248 g/mol. The molecule has 0 saturated heterocycles. The van der Waals surface area contributed by atoms with E-state index in [0.717, 1.165) is 11.3 Å². The van der Waals surface area contributed by atoms with Crippen molar-refractivity contribution in [3.8, 4) is 5.69 Å². The van der Waals surface area contributed by atoms with Gasteiger partial charge in [-0.3, -0.25) is 4.57 Å². The minimum absolute atomic E-state index is 0.0274. The number of nitrogens with zero attached hydrogens (tertiary/aromatic N) is 2. The van der Waals surface area contributed by atoms with Gasteiger partial charge in [-0.1, -0.05) is 29.8 Å². The molecule has 0 unspecified atom stereocenters. The Kier molecular flexibility index (Phi) is 1.86. The summed E-state index contributed by atoms with van der Waals surface area (Å²) < 4.78 is 2.31. The van der Waals surface area contributed by atoms with Crippen molar-refractivity contribution in [3.63, 3.8) is 0 Å². The molecule has 0 fully saturated rings. The Morgan fingerprint density at radius 1 is 1.05 bits per heavy atom. The van der Waals surface area contributed by atoms with Crippen LogP contribution in [0.1, 0.15) is 30.8 Å². The molecular formula is C17H16N2. The zero-order valence-electron chi connectivity index (χ0n) is 11.4. The number of imidazole rings is 1. The lowest BCUT2D eigenvalue weighted by atomic mass is 9.85. The van der Waals surface area contributed by atoms with Gasteiger partial charge in [0, 0.05) is 0 Å². The normalized spacial score (nSPS) is 15.5. The maximum absolute atomic E-state index is 4.85. The second kappa shape index (κ2) is 3.27. The molecule has 1 aliphatic rings. The third-order valence-electron chi connectivity index (χ3n) is 4.19. The molecular weight excluding hydrogens is 232 g/mol. The van der Waals surface area contributed by atoms with Crippen LogP contribution in [0.5, 0.6) is 0 Å². The lowest BCUT2D eigenvalue weighted by Gasteiger charge is -2.17. The van der Waals surface area contributed by atoms with E-state index in [1.807, 2.05) is 6.07 Å². The Labute approximate surface area is 112 Å². The summed E-state index contributed by atoms with van der Waals surface area (Å²) in [5.41, 5.74) is 6.22. The maximum Gasteiger partial charge on any atom is 0.124 e. The van der Waals surface area contributed by atoms with Gasteiger partial charge in [0.05, 0.1) is 22.1 Å². The molecule has 0 N–H and O–H groups in total. The van der Waals surface area contributed by atoms with E-state index in [2.05, 4.69) is 61.7 Å². The van der Waals surface area contributed by atoms with Crippen LogP contribution in [0.15, 0.2) is 42.5 Å². The van der Waals surface area contributed by atoms with Gasteiger partial charge in [-0.05, 0) is 44.5 Å². The van der Waals surface area contributed by atoms with E-state index < -0.39 is 0 Å². The summed E-state index contributed by atoms with van der Waals surface area (Å²) in [6.45, 7) is 6.67. The fraction of sp³-hybridized carbons (Fsp3) is 0.235. The molecule has 2 heterocycles. The van der Waals surface area contributed by atoms with Crippen LogP contribution in [0, 0.1) is 6.92 Å². The fourth-order valence-electron chi connectivity index (χ4n) is 3.16. The quantitative estimate of drug-likeness (QED) is 0.588. The number of hydrogen-bond acceptors (Lipinski definition) is 1. The highest BCUT2D eigenvalue weighted by Gasteiger charge is 2.38. The summed E-state index contributed by atoms with van der Waals surface area (Å²) in [4.78, 5) is 4.85. The number of hydrogen-bond donors (Lipinski definition) is 0. The molecule has 1 aromatic heterocycles. The first-order valence-electron chi connectivity index (χ1n) is 6.68. The van der Waals surface area contributed by atoms with Crippen LogP contribution in [0.4, 0.5) is 0 Å². The van der Waals surface area contributed by atoms with Crippen LogP contribution in [0.2, 0.25) is 0 Å². The topological polar surface area (TPSA) is 17.8 Å². The summed E-state index contributed by atoms with van der Waals surface area (Å²) in [5.74, 6) is 1.15. The van der Waals surface area contributed by atoms with Gasteiger partial charge >= 0.3 is 0 Å². The number of fused-ring (bicyclic) bond motifs is 5. The van der Waals surface area contributed by atoms with E-state index in [-0.39, 0.29) is 5.41 Å². The van der Waals surface area contributed by atoms with E-state index in [0.29, 0.717) is 0 Å². The van der Waals surface area contributed by atoms with Gasteiger partial charge in [0.15, 0.2) is 0 Å². The number of rotatable bonds is 0. The van der Waals surface area contributed by atoms with Gasteiger partial charge in [-0.15, -0.1) is 0 Å². The average Bonchev–Trinajstić information content (AvgIpc) is 2.87. The minimum atomic E-state index is -0.0274. The van der Waals surface area contributed by atoms with E-state index >= 15 is 0 Å². The van der Waals surface area contributed by atoms with E-state index in [1.54, 1.807) is 0 Å². The minimum Gasteiger partial charge on any atom is -0.295 e. The lowest BCUT2D eigenvalue weighted by molar-refractivity contribution is 0.621. The van der Waals surface area contributed by atoms with Crippen LogP contribution >= 0.6 is 0 Å². The zero-order valence-corrected chi connectivity index (χ0v) is 11.4. The van der Waals surface area contributed by atoms with Crippen LogP contribution in [0.25, 0.3) is 16.7 Å². The van der Waals surface area contributed by atoms with Crippen molar-refractivity contribution in [1.29, 1.82) is 0 Å². The van der Waals surface area contributed by atoms with Gasteiger partial charge in [0.2, 0.25) is 0 Å². The fourth-order valence-corrected chi connectivity index (χ4v) is 3.16. The van der Waals surface area contributed by atoms with Gasteiger partial charge in [-0.2, -0.15) is 0 Å². The maximum atomic E-state index is 4.85. The molecule has 0 saturated carbocycles. The predicted octanol–water partition coefficient (Wildman–Crippen LogP) is 3.97. The summed E-state index contributed by atoms with van der Waals surface area (Å²) in [5, 5.41) is 0. The Morgan fingerprint density at radius 3 is 2.68 bits per heavy atom. The van der Waals surface area contributed by atoms with Crippen molar-refractivity contribution < 1.29 is 0 Å². The molecule has 4 rings (SSSR count). The van der Waals surface area contributed by atoms with E-state index in [1.165, 1.54) is 22.3 Å². The summed E-state index contributed by atoms with van der Waals surface area (Å²) in [6, 6.07) is 15.1. The van der Waals surface area contributed by atoms with E-state index in [9.17, 15) is 0 Å². The van der Waals surface area contributed by atoms with E-state index in [4.69, 9.17) is 4.98 Å². The highest BCUT2D eigenvalue weighted by atomic mass is 15.1. The SMILES string of the molecule is Cc1ccc2c(c1)C(C)(C)c1nc3ccccc3n1-2. The molecule has 0 atom stereocenters. The molecule has 0 amide bonds. The van der Waals surface area contributed by atoms with Crippen molar-refractivity contribution in [2.75, 3.05) is 0 Å². The van der Waals surface area contributed by atoms with Crippen LogP contribution < -0.4 is 0 Å². The molecule has 19 heavy (non-hydrogen) atoms. The lowest BCUT2D eigenvalue weighted by Crippen LogP contribution is -2.16. The van der Waals surface area contributed by atoms with Crippen LogP contribution in [-0.2, 0) is 5.41 Å². The summed E-state index contributed by atoms with van der Waals surface area (Å²) in [6.07, 6.45) is 0. The molecule has 0 bridgehead atoms. The Balaban J connectivity index is 2.18. The Morgan fingerprint density at radius 2 is 1.84 bits per heavy atom. The third kappa shape index (κ3) is 1.24. The van der Waals surface area contributed by atoms with Crippen molar-refractivity contribution in [2.45, 2.75) is 26.2 Å². The highest BCUT2D eigenvalue weighted by molar-refractivity contribution is 5.81. The first kappa shape index (κ1) is 10.8.